The van der Waals surface area contributed by atoms with Gasteiger partial charge in [-0.2, -0.15) is 0 Å². The molecule has 0 fully saturated rings. The first-order valence-electron chi connectivity index (χ1n) is 4.75. The summed E-state index contributed by atoms with van der Waals surface area (Å²) >= 11 is 0. The first-order chi connectivity index (χ1) is 6.07. The molecule has 0 saturated heterocycles. The van der Waals surface area contributed by atoms with Crippen molar-refractivity contribution in [3.63, 3.8) is 0 Å². The maximum Gasteiger partial charge on any atom is 0.260 e. The third kappa shape index (κ3) is 6.54. The highest BCUT2D eigenvalue weighted by Crippen LogP contribution is 1.94. The molecule has 3 N–H and O–H groups in total. The Labute approximate surface area is 79.8 Å². The fraction of sp³-hybridized carbons (Fsp3) is 0.889. The number of amides is 1. The van der Waals surface area contributed by atoms with Crippen LogP contribution in [0, 0.1) is 5.92 Å². The Morgan fingerprint density at radius 1 is 1.54 bits per heavy atom. The van der Waals surface area contributed by atoms with Crippen LogP contribution >= 0.6 is 0 Å². The number of hydroxylamine groups is 1. The summed E-state index contributed by atoms with van der Waals surface area (Å²) in [7, 11) is 0. The Kier molecular flexibility index (Phi) is 6.54. The number of nitrogens with one attached hydrogen (secondary N) is 1. The topological polar surface area (TPSA) is 64.4 Å². The number of carbonyl (C=O) groups excluding carboxylic acids is 1. The molecule has 0 rings (SSSR count). The van der Waals surface area contributed by atoms with E-state index in [9.17, 15) is 4.79 Å². The smallest absolute Gasteiger partial charge is 0.260 e. The van der Waals surface area contributed by atoms with Gasteiger partial charge in [-0.15, -0.1) is 0 Å². The lowest BCUT2D eigenvalue weighted by Crippen LogP contribution is -2.40. The van der Waals surface area contributed by atoms with Crippen LogP contribution in [0.15, 0.2) is 0 Å². The summed E-state index contributed by atoms with van der Waals surface area (Å²) in [5.41, 5.74) is 7.89. The van der Waals surface area contributed by atoms with Crippen LogP contribution in [0.3, 0.4) is 0 Å². The molecule has 1 atom stereocenters. The molecule has 0 unspecified atom stereocenters. The molecule has 0 spiro atoms. The molecular weight excluding hydrogens is 168 g/mol. The van der Waals surface area contributed by atoms with Crippen LogP contribution in [0.1, 0.15) is 33.6 Å². The lowest BCUT2D eigenvalue weighted by Gasteiger charge is -2.11. The number of hydrogen-bond acceptors (Lipinski definition) is 3. The van der Waals surface area contributed by atoms with Gasteiger partial charge in [-0.1, -0.05) is 27.2 Å². The summed E-state index contributed by atoms with van der Waals surface area (Å²) in [5.74, 6) is 0.171. The third-order valence-electron chi connectivity index (χ3n) is 1.53. The van der Waals surface area contributed by atoms with E-state index in [4.69, 9.17) is 10.6 Å². The zero-order valence-electron chi connectivity index (χ0n) is 8.67. The average molecular weight is 188 g/mol. The van der Waals surface area contributed by atoms with Crippen molar-refractivity contribution in [3.05, 3.63) is 0 Å². The fourth-order valence-corrected chi connectivity index (χ4v) is 0.797. The minimum Gasteiger partial charge on any atom is -0.320 e. The number of rotatable bonds is 6. The third-order valence-corrected chi connectivity index (χ3v) is 1.53. The zero-order chi connectivity index (χ0) is 10.3. The van der Waals surface area contributed by atoms with Gasteiger partial charge >= 0.3 is 0 Å². The molecule has 4 heteroatoms. The van der Waals surface area contributed by atoms with E-state index in [1.165, 1.54) is 0 Å². The Morgan fingerprint density at radius 3 is 2.62 bits per heavy atom. The van der Waals surface area contributed by atoms with E-state index in [-0.39, 0.29) is 5.91 Å². The molecule has 0 aliphatic carbocycles. The van der Waals surface area contributed by atoms with E-state index < -0.39 is 6.04 Å². The second-order valence-corrected chi connectivity index (χ2v) is 3.57. The molecule has 0 aliphatic heterocycles. The van der Waals surface area contributed by atoms with Gasteiger partial charge in [0.15, 0.2) is 0 Å². The number of nitrogens with two attached hydrogens (primary N) is 1. The van der Waals surface area contributed by atoms with Crippen LogP contribution in [0.25, 0.3) is 0 Å². The molecule has 0 aliphatic rings. The number of hydrogen-bond donors (Lipinski definition) is 2. The van der Waals surface area contributed by atoms with Crippen LogP contribution in [-0.2, 0) is 9.63 Å². The standard InChI is InChI=1S/C9H20N2O2/c1-4-5-8(10)9(12)11-13-6-7(2)3/h7-8H,4-6,10H2,1-3H3,(H,11,12)/t8-/m0/s1. The van der Waals surface area contributed by atoms with E-state index >= 15 is 0 Å². The molecule has 0 aromatic rings. The van der Waals surface area contributed by atoms with Gasteiger partial charge in [-0.25, -0.2) is 5.48 Å². The Hall–Kier alpha value is -0.610. The Balaban J connectivity index is 3.50. The fourth-order valence-electron chi connectivity index (χ4n) is 0.797. The van der Waals surface area contributed by atoms with Crippen LogP contribution < -0.4 is 11.2 Å². The molecule has 13 heavy (non-hydrogen) atoms. The predicted octanol–water partition coefficient (Wildman–Crippen LogP) is 0.818. The Bertz CT molecular complexity index is 149. The highest BCUT2D eigenvalue weighted by atomic mass is 16.7. The minimum absolute atomic E-state index is 0.234. The monoisotopic (exact) mass is 188 g/mol. The van der Waals surface area contributed by atoms with Crippen LogP contribution in [-0.4, -0.2) is 18.6 Å². The van der Waals surface area contributed by atoms with Crippen LogP contribution in [0.5, 0.6) is 0 Å². The van der Waals surface area contributed by atoms with Crippen molar-refractivity contribution in [1.82, 2.24) is 5.48 Å². The molecule has 0 bridgehead atoms. The van der Waals surface area contributed by atoms with Crippen molar-refractivity contribution in [2.24, 2.45) is 11.7 Å². The second-order valence-electron chi connectivity index (χ2n) is 3.57. The quantitative estimate of drug-likeness (QED) is 0.606. The summed E-state index contributed by atoms with van der Waals surface area (Å²) in [5, 5.41) is 0. The molecule has 0 radical (unpaired) electrons. The molecule has 0 aromatic heterocycles. The Morgan fingerprint density at radius 2 is 2.15 bits per heavy atom. The first kappa shape index (κ1) is 12.4. The van der Waals surface area contributed by atoms with E-state index in [1.54, 1.807) is 0 Å². The first-order valence-corrected chi connectivity index (χ1v) is 4.75. The zero-order valence-corrected chi connectivity index (χ0v) is 8.67. The summed E-state index contributed by atoms with van der Waals surface area (Å²) in [6, 6.07) is -0.447. The SMILES string of the molecule is CCC[C@H](N)C(=O)NOCC(C)C. The van der Waals surface area contributed by atoms with Crippen molar-refractivity contribution in [2.45, 2.75) is 39.7 Å². The van der Waals surface area contributed by atoms with Gasteiger partial charge in [0.2, 0.25) is 0 Å². The molecule has 0 saturated carbocycles. The molecule has 78 valence electrons. The van der Waals surface area contributed by atoms with Crippen molar-refractivity contribution >= 4 is 5.91 Å². The predicted molar refractivity (Wildman–Crippen MR) is 51.8 cm³/mol. The van der Waals surface area contributed by atoms with Gasteiger partial charge in [0.1, 0.15) is 0 Å². The summed E-state index contributed by atoms with van der Waals surface area (Å²) in [6.45, 7) is 6.53. The largest absolute Gasteiger partial charge is 0.320 e. The second kappa shape index (κ2) is 6.86. The van der Waals surface area contributed by atoms with Gasteiger partial charge in [0.05, 0.1) is 12.6 Å². The van der Waals surface area contributed by atoms with E-state index in [2.05, 4.69) is 5.48 Å². The molecule has 0 aromatic carbocycles. The molecule has 4 nitrogen and oxygen atoms in total. The van der Waals surface area contributed by atoms with E-state index in [0.717, 1.165) is 6.42 Å². The van der Waals surface area contributed by atoms with Crippen molar-refractivity contribution < 1.29 is 9.63 Å². The summed E-state index contributed by atoms with van der Waals surface area (Å²) in [4.78, 5) is 16.1. The highest BCUT2D eigenvalue weighted by Gasteiger charge is 2.11. The lowest BCUT2D eigenvalue weighted by atomic mass is 10.2. The van der Waals surface area contributed by atoms with Gasteiger partial charge in [-0.05, 0) is 12.3 Å². The lowest BCUT2D eigenvalue weighted by molar-refractivity contribution is -0.135. The van der Waals surface area contributed by atoms with Gasteiger partial charge < -0.3 is 5.73 Å². The molecule has 0 heterocycles. The summed E-state index contributed by atoms with van der Waals surface area (Å²) in [6.07, 6.45) is 1.59. The van der Waals surface area contributed by atoms with E-state index in [1.807, 2.05) is 20.8 Å². The molecule has 1 amide bonds. The highest BCUT2D eigenvalue weighted by molar-refractivity contribution is 5.80. The van der Waals surface area contributed by atoms with Crippen molar-refractivity contribution in [2.75, 3.05) is 6.61 Å². The van der Waals surface area contributed by atoms with Crippen molar-refractivity contribution in [3.8, 4) is 0 Å². The normalized spacial score (nSPS) is 13.0. The van der Waals surface area contributed by atoms with Crippen LogP contribution in [0.2, 0.25) is 0 Å². The van der Waals surface area contributed by atoms with Gasteiger partial charge in [0, 0.05) is 0 Å². The molecular formula is C9H20N2O2. The number of carbonyl (C=O) groups is 1. The van der Waals surface area contributed by atoms with Gasteiger partial charge in [-0.3, -0.25) is 9.63 Å². The van der Waals surface area contributed by atoms with Gasteiger partial charge in [0.25, 0.3) is 5.91 Å². The van der Waals surface area contributed by atoms with E-state index in [0.29, 0.717) is 18.9 Å². The summed E-state index contributed by atoms with van der Waals surface area (Å²) < 4.78 is 0. The van der Waals surface area contributed by atoms with Crippen molar-refractivity contribution in [1.29, 1.82) is 0 Å². The maximum atomic E-state index is 11.2. The maximum absolute atomic E-state index is 11.2. The minimum atomic E-state index is -0.447. The van der Waals surface area contributed by atoms with Crippen LogP contribution in [0.4, 0.5) is 0 Å². The average Bonchev–Trinajstić information content (AvgIpc) is 2.04.